The van der Waals surface area contributed by atoms with E-state index in [1.807, 2.05) is 33.8 Å². The van der Waals surface area contributed by atoms with Crippen LogP contribution in [0.15, 0.2) is 36.4 Å². The summed E-state index contributed by atoms with van der Waals surface area (Å²) in [4.78, 5) is 0. The lowest BCUT2D eigenvalue weighted by Crippen LogP contribution is -2.23. The predicted octanol–water partition coefficient (Wildman–Crippen LogP) is 15.4. The van der Waals surface area contributed by atoms with Crippen molar-refractivity contribution in [2.75, 3.05) is 0 Å². The van der Waals surface area contributed by atoms with Crippen LogP contribution in [0.2, 0.25) is 0 Å². The van der Waals surface area contributed by atoms with Gasteiger partial charge < -0.3 is 0 Å². The van der Waals surface area contributed by atoms with Crippen LogP contribution in [0.5, 0.6) is 0 Å². The van der Waals surface area contributed by atoms with Gasteiger partial charge in [0, 0.05) is 5.56 Å². The SMILES string of the molecule is C#Cc1cc(CCCCC)cc(C)c1C1CC(C)=CCC1C(C)C.C=CCC.CC.CC.CCCCCCCCCCCC. The second-order valence-electron chi connectivity index (χ2n) is 12.5. The molecule has 1 aliphatic rings. The standard InChI is InChI=1S/C24H34.C12H26.C4H8.2C2H6/c1-7-9-10-11-20-15-19(6)24(21(8-2)16-20)23-14-18(5)12-13-22(23)17(3)4;1-3-5-7-9-11-12-10-8-6-4-2;1-3-4-2;2*1-2/h2,12,15-17,22-23H,7,9-11,13-14H2,1,3-6H3;3-12H2,1-2H3;3H,1,4H2,2H3;2*1-2H3. The van der Waals surface area contributed by atoms with Gasteiger partial charge in [-0.3, -0.25) is 0 Å². The first-order valence-corrected chi connectivity index (χ1v) is 19.2. The molecule has 256 valence electrons. The summed E-state index contributed by atoms with van der Waals surface area (Å²) in [6.45, 7) is 29.6. The molecule has 0 heteroatoms. The van der Waals surface area contributed by atoms with Gasteiger partial charge >= 0.3 is 0 Å². The van der Waals surface area contributed by atoms with Crippen molar-refractivity contribution in [2.45, 2.75) is 198 Å². The first-order valence-electron chi connectivity index (χ1n) is 19.2. The third-order valence-electron chi connectivity index (χ3n) is 8.44. The van der Waals surface area contributed by atoms with Crippen LogP contribution in [-0.2, 0) is 6.42 Å². The molecule has 0 aliphatic heterocycles. The molecule has 0 saturated carbocycles. The second-order valence-corrected chi connectivity index (χ2v) is 12.5. The Kier molecular flexibility index (Phi) is 36.2. The Hall–Kier alpha value is -1.74. The third kappa shape index (κ3) is 22.7. The molecule has 0 radical (unpaired) electrons. The van der Waals surface area contributed by atoms with Crippen LogP contribution >= 0.6 is 0 Å². The van der Waals surface area contributed by atoms with Gasteiger partial charge in [0.2, 0.25) is 0 Å². The summed E-state index contributed by atoms with van der Waals surface area (Å²) in [5.41, 5.74) is 6.94. The Morgan fingerprint density at radius 3 is 1.66 bits per heavy atom. The smallest absolute Gasteiger partial charge is 0.0283 e. The number of benzene rings is 1. The molecule has 0 nitrogen and oxygen atoms in total. The summed E-state index contributed by atoms with van der Waals surface area (Å²) in [5, 5.41) is 0. The van der Waals surface area contributed by atoms with Crippen molar-refractivity contribution in [3.05, 3.63) is 58.7 Å². The minimum atomic E-state index is 0.575. The molecular weight excluding hydrogens is 528 g/mol. The molecule has 0 amide bonds. The molecule has 0 aromatic heterocycles. The zero-order chi connectivity index (χ0) is 34.2. The molecule has 0 saturated heterocycles. The highest BCUT2D eigenvalue weighted by molar-refractivity contribution is 5.50. The van der Waals surface area contributed by atoms with Gasteiger partial charge in [-0.25, -0.2) is 0 Å². The largest absolute Gasteiger partial charge is 0.115 e. The Balaban J connectivity index is -0.000000704. The molecule has 2 unspecified atom stereocenters. The van der Waals surface area contributed by atoms with Crippen LogP contribution in [0.1, 0.15) is 207 Å². The molecular formula is C44H80. The summed E-state index contributed by atoms with van der Waals surface area (Å²) < 4.78 is 0. The highest BCUT2D eigenvalue weighted by Gasteiger charge is 2.31. The van der Waals surface area contributed by atoms with E-state index in [0.717, 1.165) is 24.8 Å². The average Bonchev–Trinajstić information content (AvgIpc) is 3.04. The van der Waals surface area contributed by atoms with Gasteiger partial charge in [0.25, 0.3) is 0 Å². The number of hydrogen-bond donors (Lipinski definition) is 0. The van der Waals surface area contributed by atoms with E-state index in [0.29, 0.717) is 17.8 Å². The lowest BCUT2D eigenvalue weighted by molar-refractivity contribution is 0.304. The molecule has 2 atom stereocenters. The van der Waals surface area contributed by atoms with Gasteiger partial charge in [-0.15, -0.1) is 13.0 Å². The van der Waals surface area contributed by atoms with Crippen LogP contribution in [0.3, 0.4) is 0 Å². The number of terminal acetylenes is 1. The lowest BCUT2D eigenvalue weighted by atomic mass is 9.69. The van der Waals surface area contributed by atoms with E-state index in [1.54, 1.807) is 0 Å². The number of rotatable bonds is 16. The normalized spacial score (nSPS) is 15.0. The summed E-state index contributed by atoms with van der Waals surface area (Å²) in [5.74, 6) is 4.98. The van der Waals surface area contributed by atoms with Crippen molar-refractivity contribution in [3.8, 4) is 12.3 Å². The van der Waals surface area contributed by atoms with Crippen molar-refractivity contribution in [2.24, 2.45) is 11.8 Å². The van der Waals surface area contributed by atoms with E-state index in [1.165, 1.54) is 112 Å². The van der Waals surface area contributed by atoms with Gasteiger partial charge in [0.1, 0.15) is 0 Å². The van der Waals surface area contributed by atoms with Crippen LogP contribution in [-0.4, -0.2) is 0 Å². The summed E-state index contributed by atoms with van der Waals surface area (Å²) >= 11 is 0. The van der Waals surface area contributed by atoms with E-state index < -0.39 is 0 Å². The summed E-state index contributed by atoms with van der Waals surface area (Å²) in [7, 11) is 0. The average molecular weight is 609 g/mol. The molecule has 2 rings (SSSR count). The Bertz CT molecular complexity index is 820. The predicted molar refractivity (Wildman–Crippen MR) is 207 cm³/mol. The first kappa shape index (κ1) is 46.7. The zero-order valence-corrected chi connectivity index (χ0v) is 32.3. The first-order chi connectivity index (χ1) is 21.3. The fraction of sp³-hybridized carbons (Fsp3) is 0.727. The third-order valence-corrected chi connectivity index (χ3v) is 8.44. The van der Waals surface area contributed by atoms with E-state index in [2.05, 4.69) is 86.1 Å². The van der Waals surface area contributed by atoms with Crippen molar-refractivity contribution in [3.63, 3.8) is 0 Å². The minimum absolute atomic E-state index is 0.575. The Labute approximate surface area is 280 Å². The molecule has 0 heterocycles. The quantitative estimate of drug-likeness (QED) is 0.0994. The molecule has 1 aliphatic carbocycles. The molecule has 0 spiro atoms. The topological polar surface area (TPSA) is 0 Å². The monoisotopic (exact) mass is 609 g/mol. The zero-order valence-electron chi connectivity index (χ0n) is 32.3. The molecule has 0 fully saturated rings. The maximum absolute atomic E-state index is 5.94. The lowest BCUT2D eigenvalue weighted by Gasteiger charge is -2.35. The van der Waals surface area contributed by atoms with Gasteiger partial charge in [-0.2, -0.15) is 0 Å². The van der Waals surface area contributed by atoms with E-state index >= 15 is 0 Å². The van der Waals surface area contributed by atoms with Crippen LogP contribution in [0, 0.1) is 31.1 Å². The van der Waals surface area contributed by atoms with Gasteiger partial charge in [-0.05, 0) is 86.5 Å². The minimum Gasteiger partial charge on any atom is -0.115 e. The van der Waals surface area contributed by atoms with E-state index in [9.17, 15) is 0 Å². The Morgan fingerprint density at radius 2 is 1.25 bits per heavy atom. The van der Waals surface area contributed by atoms with Crippen LogP contribution in [0.25, 0.3) is 0 Å². The van der Waals surface area contributed by atoms with Crippen molar-refractivity contribution in [1.29, 1.82) is 0 Å². The Morgan fingerprint density at radius 1 is 0.795 bits per heavy atom. The molecule has 1 aromatic rings. The van der Waals surface area contributed by atoms with Crippen molar-refractivity contribution >= 4 is 0 Å². The highest BCUT2D eigenvalue weighted by atomic mass is 14.3. The number of aryl methyl sites for hydroxylation is 2. The fourth-order valence-electron chi connectivity index (χ4n) is 5.90. The maximum atomic E-state index is 5.94. The molecule has 44 heavy (non-hydrogen) atoms. The van der Waals surface area contributed by atoms with Crippen LogP contribution in [0.4, 0.5) is 0 Å². The van der Waals surface area contributed by atoms with E-state index in [4.69, 9.17) is 6.42 Å². The molecule has 0 bridgehead atoms. The number of allylic oxidation sites excluding steroid dienone is 3. The van der Waals surface area contributed by atoms with Gasteiger partial charge in [0.05, 0.1) is 0 Å². The number of unbranched alkanes of at least 4 members (excludes halogenated alkanes) is 11. The van der Waals surface area contributed by atoms with E-state index in [-0.39, 0.29) is 0 Å². The molecule has 0 N–H and O–H groups in total. The van der Waals surface area contributed by atoms with Crippen molar-refractivity contribution in [1.82, 2.24) is 0 Å². The summed E-state index contributed by atoms with van der Waals surface area (Å²) in [6.07, 6.45) is 33.1. The van der Waals surface area contributed by atoms with Crippen molar-refractivity contribution < 1.29 is 0 Å². The second kappa shape index (κ2) is 34.1. The maximum Gasteiger partial charge on any atom is 0.0283 e. The highest BCUT2D eigenvalue weighted by Crippen LogP contribution is 2.43. The fourth-order valence-corrected chi connectivity index (χ4v) is 5.90. The van der Waals surface area contributed by atoms with Crippen LogP contribution < -0.4 is 0 Å². The number of hydrogen-bond acceptors (Lipinski definition) is 0. The summed E-state index contributed by atoms with van der Waals surface area (Å²) in [6, 6.07) is 4.69. The van der Waals surface area contributed by atoms with Gasteiger partial charge in [-0.1, -0.05) is 176 Å². The van der Waals surface area contributed by atoms with Gasteiger partial charge in [0.15, 0.2) is 0 Å². The molecule has 1 aromatic carbocycles.